The second-order valence-electron chi connectivity index (χ2n) is 3.22. The SMILES string of the molecule is CCc1c(Cl)ncnc1Sc1ccc(Br)cn1. The largest absolute Gasteiger partial charge is 0.248 e. The van der Waals surface area contributed by atoms with E-state index in [1.54, 1.807) is 6.20 Å². The van der Waals surface area contributed by atoms with Gasteiger partial charge in [-0.3, -0.25) is 0 Å². The topological polar surface area (TPSA) is 38.7 Å². The van der Waals surface area contributed by atoms with E-state index < -0.39 is 0 Å². The summed E-state index contributed by atoms with van der Waals surface area (Å²) in [5, 5.41) is 2.27. The summed E-state index contributed by atoms with van der Waals surface area (Å²) in [6.07, 6.45) is 4.04. The smallest absolute Gasteiger partial charge is 0.136 e. The maximum Gasteiger partial charge on any atom is 0.136 e. The number of halogens is 2. The number of nitrogens with zero attached hydrogens (tertiary/aromatic N) is 3. The van der Waals surface area contributed by atoms with Gasteiger partial charge in [-0.05, 0) is 46.2 Å². The summed E-state index contributed by atoms with van der Waals surface area (Å²) in [6.45, 7) is 2.03. The minimum Gasteiger partial charge on any atom is -0.248 e. The molecule has 88 valence electrons. The molecule has 0 spiro atoms. The van der Waals surface area contributed by atoms with Gasteiger partial charge in [-0.1, -0.05) is 18.5 Å². The van der Waals surface area contributed by atoms with Gasteiger partial charge in [0.05, 0.1) is 0 Å². The van der Waals surface area contributed by atoms with E-state index in [-0.39, 0.29) is 0 Å². The highest BCUT2D eigenvalue weighted by atomic mass is 79.9. The zero-order valence-electron chi connectivity index (χ0n) is 9.02. The van der Waals surface area contributed by atoms with Crippen LogP contribution in [0.15, 0.2) is 39.2 Å². The van der Waals surface area contributed by atoms with Crippen LogP contribution in [0.2, 0.25) is 5.15 Å². The number of rotatable bonds is 3. The first-order valence-electron chi connectivity index (χ1n) is 4.99. The average Bonchev–Trinajstić information content (AvgIpc) is 2.32. The van der Waals surface area contributed by atoms with Crippen LogP contribution in [0.4, 0.5) is 0 Å². The lowest BCUT2D eigenvalue weighted by atomic mass is 10.3. The van der Waals surface area contributed by atoms with Gasteiger partial charge < -0.3 is 0 Å². The third-order valence-corrected chi connectivity index (χ3v) is 3.90. The Morgan fingerprint density at radius 3 is 2.76 bits per heavy atom. The third kappa shape index (κ3) is 3.18. The molecule has 2 aromatic rings. The quantitative estimate of drug-likeness (QED) is 0.797. The second-order valence-corrected chi connectivity index (χ2v) is 5.50. The van der Waals surface area contributed by atoms with Gasteiger partial charge in [-0.25, -0.2) is 15.0 Å². The zero-order chi connectivity index (χ0) is 12.3. The van der Waals surface area contributed by atoms with E-state index in [0.29, 0.717) is 5.15 Å². The van der Waals surface area contributed by atoms with Gasteiger partial charge in [0.1, 0.15) is 21.5 Å². The Bertz CT molecular complexity index is 519. The van der Waals surface area contributed by atoms with E-state index in [4.69, 9.17) is 11.6 Å². The average molecular weight is 331 g/mol. The molecule has 0 aliphatic rings. The van der Waals surface area contributed by atoms with Gasteiger partial charge in [-0.15, -0.1) is 0 Å². The van der Waals surface area contributed by atoms with Crippen LogP contribution in [-0.4, -0.2) is 15.0 Å². The summed E-state index contributed by atoms with van der Waals surface area (Å²) in [7, 11) is 0. The lowest BCUT2D eigenvalue weighted by Gasteiger charge is -2.06. The van der Waals surface area contributed by atoms with E-state index in [2.05, 4.69) is 30.9 Å². The number of aromatic nitrogens is 3. The maximum atomic E-state index is 6.03. The van der Waals surface area contributed by atoms with Crippen molar-refractivity contribution < 1.29 is 0 Å². The molecule has 0 N–H and O–H groups in total. The molecule has 2 rings (SSSR count). The Balaban J connectivity index is 2.29. The molecule has 0 atom stereocenters. The predicted molar refractivity (Wildman–Crippen MR) is 72.5 cm³/mol. The lowest BCUT2D eigenvalue weighted by Crippen LogP contribution is -1.94. The highest BCUT2D eigenvalue weighted by Gasteiger charge is 2.09. The minimum absolute atomic E-state index is 0.516. The van der Waals surface area contributed by atoms with Crippen molar-refractivity contribution in [3.05, 3.63) is 39.8 Å². The monoisotopic (exact) mass is 329 g/mol. The fourth-order valence-corrected chi connectivity index (χ4v) is 2.74. The predicted octanol–water partition coefficient (Wildman–Crippen LogP) is 4.00. The number of hydrogen-bond acceptors (Lipinski definition) is 4. The van der Waals surface area contributed by atoms with Gasteiger partial charge in [0, 0.05) is 16.2 Å². The normalized spacial score (nSPS) is 10.5. The van der Waals surface area contributed by atoms with Crippen LogP contribution in [0.1, 0.15) is 12.5 Å². The van der Waals surface area contributed by atoms with Crippen LogP contribution in [0.3, 0.4) is 0 Å². The summed E-state index contributed by atoms with van der Waals surface area (Å²) in [6, 6.07) is 3.88. The molecule has 0 amide bonds. The fraction of sp³-hybridized carbons (Fsp3) is 0.182. The van der Waals surface area contributed by atoms with E-state index in [9.17, 15) is 0 Å². The van der Waals surface area contributed by atoms with Crippen LogP contribution in [-0.2, 0) is 6.42 Å². The number of hydrogen-bond donors (Lipinski definition) is 0. The van der Waals surface area contributed by atoms with Gasteiger partial charge >= 0.3 is 0 Å². The van der Waals surface area contributed by atoms with Crippen molar-refractivity contribution in [1.29, 1.82) is 0 Å². The van der Waals surface area contributed by atoms with Crippen LogP contribution in [0.5, 0.6) is 0 Å². The molecule has 0 saturated carbocycles. The Labute approximate surface area is 117 Å². The Morgan fingerprint density at radius 2 is 2.12 bits per heavy atom. The molecule has 17 heavy (non-hydrogen) atoms. The third-order valence-electron chi connectivity index (χ3n) is 2.11. The van der Waals surface area contributed by atoms with Crippen LogP contribution in [0, 0.1) is 0 Å². The minimum atomic E-state index is 0.516. The summed E-state index contributed by atoms with van der Waals surface area (Å²) < 4.78 is 0.957. The van der Waals surface area contributed by atoms with Crippen LogP contribution >= 0.6 is 39.3 Å². The molecule has 6 heteroatoms. The summed E-state index contributed by atoms with van der Waals surface area (Å²) in [5.74, 6) is 0. The van der Waals surface area contributed by atoms with Gasteiger partial charge in [0.2, 0.25) is 0 Å². The standard InChI is InChI=1S/C11H9BrClN3S/c1-2-8-10(13)15-6-16-11(8)17-9-4-3-7(12)5-14-9/h3-6H,2H2,1H3. The first kappa shape index (κ1) is 12.8. The molecule has 0 unspecified atom stereocenters. The highest BCUT2D eigenvalue weighted by molar-refractivity contribution is 9.10. The molecule has 0 saturated heterocycles. The molecule has 2 aromatic heterocycles. The van der Waals surface area contributed by atoms with Crippen molar-refractivity contribution >= 4 is 39.3 Å². The number of pyridine rings is 1. The van der Waals surface area contributed by atoms with E-state index >= 15 is 0 Å². The molecular formula is C11H9BrClN3S. The van der Waals surface area contributed by atoms with E-state index in [1.165, 1.54) is 18.1 Å². The molecule has 0 aromatic carbocycles. The Kier molecular flexibility index (Phi) is 4.36. The van der Waals surface area contributed by atoms with Gasteiger partial charge in [0.25, 0.3) is 0 Å². The van der Waals surface area contributed by atoms with Crippen molar-refractivity contribution in [2.24, 2.45) is 0 Å². The first-order valence-corrected chi connectivity index (χ1v) is 6.98. The van der Waals surface area contributed by atoms with Crippen molar-refractivity contribution in [3.63, 3.8) is 0 Å². The molecule has 3 nitrogen and oxygen atoms in total. The van der Waals surface area contributed by atoms with Gasteiger partial charge in [-0.2, -0.15) is 0 Å². The summed E-state index contributed by atoms with van der Waals surface area (Å²) in [4.78, 5) is 12.5. The highest BCUT2D eigenvalue weighted by Crippen LogP contribution is 2.30. The van der Waals surface area contributed by atoms with Crippen molar-refractivity contribution in [3.8, 4) is 0 Å². The summed E-state index contributed by atoms with van der Waals surface area (Å²) >= 11 is 10.9. The molecule has 0 aliphatic carbocycles. The van der Waals surface area contributed by atoms with E-state index in [0.717, 1.165) is 26.5 Å². The molecule has 0 radical (unpaired) electrons. The molecule has 0 bridgehead atoms. The molecule has 2 heterocycles. The van der Waals surface area contributed by atoms with Crippen LogP contribution < -0.4 is 0 Å². The zero-order valence-corrected chi connectivity index (χ0v) is 12.2. The van der Waals surface area contributed by atoms with Crippen molar-refractivity contribution in [2.45, 2.75) is 23.4 Å². The van der Waals surface area contributed by atoms with Crippen molar-refractivity contribution in [1.82, 2.24) is 15.0 Å². The van der Waals surface area contributed by atoms with E-state index in [1.807, 2.05) is 19.1 Å². The Hall–Kier alpha value is -0.650. The second kappa shape index (κ2) is 5.80. The Morgan fingerprint density at radius 1 is 1.29 bits per heavy atom. The molecule has 0 aliphatic heterocycles. The van der Waals surface area contributed by atoms with Gasteiger partial charge in [0.15, 0.2) is 0 Å². The fourth-order valence-electron chi connectivity index (χ4n) is 1.28. The van der Waals surface area contributed by atoms with Crippen LogP contribution in [0.25, 0.3) is 0 Å². The molecule has 0 fully saturated rings. The summed E-state index contributed by atoms with van der Waals surface area (Å²) in [5.41, 5.74) is 0.962. The maximum absolute atomic E-state index is 6.03. The van der Waals surface area contributed by atoms with Crippen molar-refractivity contribution in [2.75, 3.05) is 0 Å². The first-order chi connectivity index (χ1) is 8.20. The lowest BCUT2D eigenvalue weighted by molar-refractivity contribution is 0.940. The molecular weight excluding hydrogens is 322 g/mol.